The van der Waals surface area contributed by atoms with Crippen molar-refractivity contribution in [3.8, 4) is 5.75 Å². The molecular weight excluding hydrogens is 156 g/mol. The van der Waals surface area contributed by atoms with Crippen molar-refractivity contribution >= 4 is 0 Å². The van der Waals surface area contributed by atoms with Gasteiger partial charge in [0.2, 0.25) is 0 Å². The summed E-state index contributed by atoms with van der Waals surface area (Å²) in [6.45, 7) is 1.47. The third-order valence-corrected chi connectivity index (χ3v) is 1.71. The maximum atomic E-state index is 9.37. The molecule has 0 aliphatic carbocycles. The average Bonchev–Trinajstić information content (AvgIpc) is 2.04. The van der Waals surface area contributed by atoms with Crippen LogP contribution < -0.4 is 0 Å². The molecule has 3 nitrogen and oxygen atoms in total. The van der Waals surface area contributed by atoms with Gasteiger partial charge in [-0.3, -0.25) is 0 Å². The van der Waals surface area contributed by atoms with Gasteiger partial charge in [-0.1, -0.05) is 18.2 Å². The molecule has 0 saturated carbocycles. The summed E-state index contributed by atoms with van der Waals surface area (Å²) in [7, 11) is 0. The summed E-state index contributed by atoms with van der Waals surface area (Å²) in [4.78, 5) is 0. The predicted molar refractivity (Wildman–Crippen MR) is 44.7 cm³/mol. The first-order chi connectivity index (χ1) is 5.63. The van der Waals surface area contributed by atoms with E-state index in [1.54, 1.807) is 18.2 Å². The fourth-order valence-electron chi connectivity index (χ4n) is 0.997. The van der Waals surface area contributed by atoms with Crippen molar-refractivity contribution in [1.29, 1.82) is 0 Å². The summed E-state index contributed by atoms with van der Waals surface area (Å²) in [5, 5.41) is 27.7. The molecule has 0 heterocycles. The molecule has 2 atom stereocenters. The highest BCUT2D eigenvalue weighted by Crippen LogP contribution is 2.25. The van der Waals surface area contributed by atoms with Gasteiger partial charge in [0.15, 0.2) is 0 Å². The van der Waals surface area contributed by atoms with Gasteiger partial charge < -0.3 is 15.3 Å². The molecule has 0 saturated heterocycles. The van der Waals surface area contributed by atoms with E-state index in [0.717, 1.165) is 0 Å². The minimum atomic E-state index is -1.02. The van der Waals surface area contributed by atoms with Gasteiger partial charge in [0.1, 0.15) is 11.9 Å². The first-order valence-electron chi connectivity index (χ1n) is 3.77. The number of benzene rings is 1. The lowest BCUT2D eigenvalue weighted by molar-refractivity contribution is 0.0291. The van der Waals surface area contributed by atoms with Crippen LogP contribution in [-0.4, -0.2) is 21.4 Å². The molecule has 0 bridgehead atoms. The maximum absolute atomic E-state index is 9.37. The molecule has 1 aromatic rings. The second kappa shape index (κ2) is 3.56. The largest absolute Gasteiger partial charge is 0.508 e. The summed E-state index contributed by atoms with van der Waals surface area (Å²) >= 11 is 0. The standard InChI is InChI=1S/C9H12O3/c1-6(10)9(12)7-4-2-3-5-8(7)11/h2-6,9-12H,1H3/t6-,9+/m0/s1. The van der Waals surface area contributed by atoms with Crippen LogP contribution >= 0.6 is 0 Å². The number of rotatable bonds is 2. The predicted octanol–water partition coefficient (Wildman–Crippen LogP) is 0.806. The van der Waals surface area contributed by atoms with Gasteiger partial charge in [0, 0.05) is 5.56 Å². The lowest BCUT2D eigenvalue weighted by Crippen LogP contribution is -2.13. The van der Waals surface area contributed by atoms with Gasteiger partial charge in [-0.25, -0.2) is 0 Å². The SMILES string of the molecule is C[C@H](O)[C@@H](O)c1ccccc1O. The van der Waals surface area contributed by atoms with E-state index in [-0.39, 0.29) is 5.75 Å². The second-order valence-corrected chi connectivity index (χ2v) is 2.74. The van der Waals surface area contributed by atoms with Crippen molar-refractivity contribution in [2.75, 3.05) is 0 Å². The van der Waals surface area contributed by atoms with E-state index in [0.29, 0.717) is 5.56 Å². The number of phenols is 1. The number of hydrogen-bond donors (Lipinski definition) is 3. The van der Waals surface area contributed by atoms with Crippen molar-refractivity contribution < 1.29 is 15.3 Å². The van der Waals surface area contributed by atoms with Crippen LogP contribution in [0.5, 0.6) is 5.75 Å². The molecule has 0 unspecified atom stereocenters. The average molecular weight is 168 g/mol. The van der Waals surface area contributed by atoms with Crippen LogP contribution in [0.3, 0.4) is 0 Å². The van der Waals surface area contributed by atoms with Crippen LogP contribution in [0.2, 0.25) is 0 Å². The van der Waals surface area contributed by atoms with E-state index in [1.807, 2.05) is 0 Å². The number of hydrogen-bond acceptors (Lipinski definition) is 3. The topological polar surface area (TPSA) is 60.7 Å². The molecule has 0 fully saturated rings. The molecule has 0 aromatic heterocycles. The Hall–Kier alpha value is -1.06. The minimum Gasteiger partial charge on any atom is -0.508 e. The number of aliphatic hydroxyl groups is 2. The highest BCUT2D eigenvalue weighted by molar-refractivity contribution is 5.33. The molecule has 3 N–H and O–H groups in total. The van der Waals surface area contributed by atoms with E-state index in [9.17, 15) is 10.2 Å². The smallest absolute Gasteiger partial charge is 0.121 e. The highest BCUT2D eigenvalue weighted by Gasteiger charge is 2.16. The quantitative estimate of drug-likeness (QED) is 0.612. The summed E-state index contributed by atoms with van der Waals surface area (Å²) in [5.41, 5.74) is 0.354. The lowest BCUT2D eigenvalue weighted by atomic mass is 10.0. The lowest BCUT2D eigenvalue weighted by Gasteiger charge is -2.14. The number of para-hydroxylation sites is 1. The van der Waals surface area contributed by atoms with E-state index in [2.05, 4.69) is 0 Å². The van der Waals surface area contributed by atoms with Gasteiger partial charge in [-0.15, -0.1) is 0 Å². The Morgan fingerprint density at radius 1 is 1.17 bits per heavy atom. The molecule has 3 heteroatoms. The zero-order valence-electron chi connectivity index (χ0n) is 6.81. The highest BCUT2D eigenvalue weighted by atomic mass is 16.3. The number of aliphatic hydroxyl groups excluding tert-OH is 2. The van der Waals surface area contributed by atoms with Crippen LogP contribution in [0.15, 0.2) is 24.3 Å². The Labute approximate surface area is 70.9 Å². The van der Waals surface area contributed by atoms with Gasteiger partial charge >= 0.3 is 0 Å². The summed E-state index contributed by atoms with van der Waals surface area (Å²) in [6.07, 6.45) is -1.90. The van der Waals surface area contributed by atoms with Crippen LogP contribution in [-0.2, 0) is 0 Å². The van der Waals surface area contributed by atoms with Gasteiger partial charge in [0.05, 0.1) is 6.10 Å². The molecule has 0 spiro atoms. The molecule has 1 aromatic carbocycles. The molecule has 0 radical (unpaired) electrons. The van der Waals surface area contributed by atoms with E-state index in [1.165, 1.54) is 13.0 Å². The number of aromatic hydroxyl groups is 1. The van der Waals surface area contributed by atoms with E-state index < -0.39 is 12.2 Å². The number of phenolic OH excluding ortho intramolecular Hbond substituents is 1. The Bertz CT molecular complexity index is 258. The monoisotopic (exact) mass is 168 g/mol. The van der Waals surface area contributed by atoms with Gasteiger partial charge in [0.25, 0.3) is 0 Å². The van der Waals surface area contributed by atoms with Crippen molar-refractivity contribution in [3.63, 3.8) is 0 Å². The Morgan fingerprint density at radius 2 is 1.75 bits per heavy atom. The van der Waals surface area contributed by atoms with Gasteiger partial charge in [-0.05, 0) is 13.0 Å². The van der Waals surface area contributed by atoms with Crippen molar-refractivity contribution in [1.82, 2.24) is 0 Å². The third-order valence-electron chi connectivity index (χ3n) is 1.71. The van der Waals surface area contributed by atoms with Crippen LogP contribution in [0.25, 0.3) is 0 Å². The zero-order valence-corrected chi connectivity index (χ0v) is 6.81. The molecule has 12 heavy (non-hydrogen) atoms. The molecule has 1 rings (SSSR count). The fourth-order valence-corrected chi connectivity index (χ4v) is 0.997. The van der Waals surface area contributed by atoms with Crippen LogP contribution in [0, 0.1) is 0 Å². The molecule has 0 amide bonds. The third kappa shape index (κ3) is 1.75. The molecule has 66 valence electrons. The molecular formula is C9H12O3. The zero-order chi connectivity index (χ0) is 9.14. The van der Waals surface area contributed by atoms with Crippen molar-refractivity contribution in [3.05, 3.63) is 29.8 Å². The van der Waals surface area contributed by atoms with Crippen LogP contribution in [0.1, 0.15) is 18.6 Å². The van der Waals surface area contributed by atoms with Crippen LogP contribution in [0.4, 0.5) is 0 Å². The summed E-state index contributed by atoms with van der Waals surface area (Å²) in [6, 6.07) is 6.40. The normalized spacial score (nSPS) is 15.6. The Morgan fingerprint density at radius 3 is 2.25 bits per heavy atom. The Kier molecular flexibility index (Phi) is 2.68. The summed E-state index contributed by atoms with van der Waals surface area (Å²) in [5.74, 6) is 0.00546. The van der Waals surface area contributed by atoms with Gasteiger partial charge in [-0.2, -0.15) is 0 Å². The fraction of sp³-hybridized carbons (Fsp3) is 0.333. The van der Waals surface area contributed by atoms with E-state index >= 15 is 0 Å². The first kappa shape index (κ1) is 9.03. The van der Waals surface area contributed by atoms with Crippen molar-refractivity contribution in [2.45, 2.75) is 19.1 Å². The molecule has 0 aliphatic heterocycles. The first-order valence-corrected chi connectivity index (χ1v) is 3.77. The van der Waals surface area contributed by atoms with Crippen molar-refractivity contribution in [2.24, 2.45) is 0 Å². The Balaban J connectivity index is 2.94. The van der Waals surface area contributed by atoms with E-state index in [4.69, 9.17) is 5.11 Å². The maximum Gasteiger partial charge on any atom is 0.121 e. The second-order valence-electron chi connectivity index (χ2n) is 2.74. The summed E-state index contributed by atoms with van der Waals surface area (Å²) < 4.78 is 0. The minimum absolute atomic E-state index is 0.00546. The molecule has 0 aliphatic rings.